The molecule has 158 valence electrons. The summed E-state index contributed by atoms with van der Waals surface area (Å²) in [6, 6.07) is 24.4. The molecule has 0 saturated carbocycles. The van der Waals surface area contributed by atoms with Crippen LogP contribution in [0.4, 0.5) is 5.69 Å². The van der Waals surface area contributed by atoms with Gasteiger partial charge in [0.05, 0.1) is 0 Å². The first kappa shape index (κ1) is 22.2. The van der Waals surface area contributed by atoms with Gasteiger partial charge in [-0.25, -0.2) is 0 Å². The summed E-state index contributed by atoms with van der Waals surface area (Å²) >= 11 is 5.28. The van der Waals surface area contributed by atoms with Gasteiger partial charge in [0.25, 0.3) is 11.8 Å². The number of nitrogens with zero attached hydrogens (tertiary/aromatic N) is 1. The summed E-state index contributed by atoms with van der Waals surface area (Å²) in [5.41, 5.74) is 3.84. The average molecular weight is 432 g/mol. The minimum atomic E-state index is -0.299. The highest BCUT2D eigenvalue weighted by atomic mass is 32.1. The first-order chi connectivity index (χ1) is 15.0. The molecular weight excluding hydrogens is 406 g/mol. The predicted octanol–water partition coefficient (Wildman–Crippen LogP) is 4.96. The van der Waals surface area contributed by atoms with Crippen LogP contribution in [-0.2, 0) is 0 Å². The van der Waals surface area contributed by atoms with Gasteiger partial charge < -0.3 is 10.2 Å². The first-order valence-electron chi connectivity index (χ1n) is 10.2. The molecule has 0 atom stereocenters. The Morgan fingerprint density at radius 3 is 2.10 bits per heavy atom. The summed E-state index contributed by atoms with van der Waals surface area (Å²) in [7, 11) is 0. The van der Waals surface area contributed by atoms with Crippen molar-refractivity contribution in [2.24, 2.45) is 0 Å². The van der Waals surface area contributed by atoms with E-state index in [1.807, 2.05) is 56.3 Å². The van der Waals surface area contributed by atoms with Crippen molar-refractivity contribution in [1.29, 1.82) is 0 Å². The molecule has 0 aliphatic heterocycles. The van der Waals surface area contributed by atoms with Crippen LogP contribution in [0.25, 0.3) is 11.1 Å². The molecule has 0 spiro atoms. The highest BCUT2D eigenvalue weighted by Gasteiger charge is 2.13. The molecule has 0 fully saturated rings. The van der Waals surface area contributed by atoms with Crippen molar-refractivity contribution in [2.45, 2.75) is 13.8 Å². The van der Waals surface area contributed by atoms with Crippen LogP contribution in [0.1, 0.15) is 34.6 Å². The third kappa shape index (κ3) is 5.77. The predicted molar refractivity (Wildman–Crippen MR) is 129 cm³/mol. The standard InChI is InChI=1S/C25H25N3O2S/c1-3-28(4-2)24(30)21-11-8-12-22(17-21)26-25(31)27-23(29)20-15-13-19(14-16-20)18-9-6-5-7-10-18/h5-17H,3-4H2,1-2H3,(H2,26,27,29,31). The van der Waals surface area contributed by atoms with Crippen LogP contribution in [0, 0.1) is 0 Å². The lowest BCUT2D eigenvalue weighted by molar-refractivity contribution is 0.0772. The van der Waals surface area contributed by atoms with E-state index in [1.54, 1.807) is 41.3 Å². The number of hydrogen-bond acceptors (Lipinski definition) is 3. The fourth-order valence-electron chi connectivity index (χ4n) is 3.21. The summed E-state index contributed by atoms with van der Waals surface area (Å²) in [6.07, 6.45) is 0. The second kappa shape index (κ2) is 10.5. The van der Waals surface area contributed by atoms with Gasteiger partial charge in [0, 0.05) is 29.9 Å². The number of hydrogen-bond donors (Lipinski definition) is 2. The topological polar surface area (TPSA) is 61.4 Å². The second-order valence-corrected chi connectivity index (χ2v) is 7.32. The van der Waals surface area contributed by atoms with Gasteiger partial charge in [-0.05, 0) is 67.5 Å². The Kier molecular flexibility index (Phi) is 7.51. The molecular formula is C25H25N3O2S. The molecule has 3 rings (SSSR count). The van der Waals surface area contributed by atoms with Gasteiger partial charge >= 0.3 is 0 Å². The van der Waals surface area contributed by atoms with Crippen LogP contribution in [0.2, 0.25) is 0 Å². The van der Waals surface area contributed by atoms with Crippen molar-refractivity contribution in [3.8, 4) is 11.1 Å². The van der Waals surface area contributed by atoms with Crippen molar-refractivity contribution in [3.05, 3.63) is 90.0 Å². The lowest BCUT2D eigenvalue weighted by Gasteiger charge is -2.19. The summed E-state index contributed by atoms with van der Waals surface area (Å²) in [4.78, 5) is 26.8. The van der Waals surface area contributed by atoms with Crippen LogP contribution >= 0.6 is 12.2 Å². The van der Waals surface area contributed by atoms with Gasteiger partial charge in [-0.3, -0.25) is 14.9 Å². The quantitative estimate of drug-likeness (QED) is 0.542. The Bertz CT molecular complexity index is 1060. The molecule has 31 heavy (non-hydrogen) atoms. The number of nitrogens with one attached hydrogen (secondary N) is 2. The van der Waals surface area contributed by atoms with E-state index in [0.29, 0.717) is 29.9 Å². The average Bonchev–Trinajstić information content (AvgIpc) is 2.80. The Morgan fingerprint density at radius 2 is 1.45 bits per heavy atom. The third-order valence-electron chi connectivity index (χ3n) is 4.90. The van der Waals surface area contributed by atoms with Crippen molar-refractivity contribution >= 4 is 34.8 Å². The normalized spacial score (nSPS) is 10.3. The zero-order valence-corrected chi connectivity index (χ0v) is 18.4. The van der Waals surface area contributed by atoms with Crippen molar-refractivity contribution in [3.63, 3.8) is 0 Å². The molecule has 5 nitrogen and oxygen atoms in total. The maximum absolute atomic E-state index is 12.5. The molecule has 2 N–H and O–H groups in total. The van der Waals surface area contributed by atoms with E-state index in [9.17, 15) is 9.59 Å². The van der Waals surface area contributed by atoms with Gasteiger partial charge in [-0.1, -0.05) is 48.5 Å². The van der Waals surface area contributed by atoms with Gasteiger partial charge in [-0.15, -0.1) is 0 Å². The first-order valence-corrected chi connectivity index (χ1v) is 10.6. The van der Waals surface area contributed by atoms with Gasteiger partial charge in [0.15, 0.2) is 5.11 Å². The Morgan fingerprint density at radius 1 is 0.806 bits per heavy atom. The maximum Gasteiger partial charge on any atom is 0.257 e. The lowest BCUT2D eigenvalue weighted by atomic mass is 10.0. The van der Waals surface area contributed by atoms with E-state index >= 15 is 0 Å². The van der Waals surface area contributed by atoms with E-state index in [0.717, 1.165) is 11.1 Å². The van der Waals surface area contributed by atoms with Crippen LogP contribution in [0.15, 0.2) is 78.9 Å². The molecule has 0 aromatic heterocycles. The highest BCUT2D eigenvalue weighted by molar-refractivity contribution is 7.80. The number of carbonyl (C=O) groups excluding carboxylic acids is 2. The van der Waals surface area contributed by atoms with Crippen LogP contribution in [0.3, 0.4) is 0 Å². The minimum Gasteiger partial charge on any atom is -0.339 e. The smallest absolute Gasteiger partial charge is 0.257 e. The van der Waals surface area contributed by atoms with Crippen LogP contribution in [0.5, 0.6) is 0 Å². The van der Waals surface area contributed by atoms with Crippen LogP contribution in [-0.4, -0.2) is 34.9 Å². The van der Waals surface area contributed by atoms with Gasteiger partial charge in [-0.2, -0.15) is 0 Å². The number of amides is 2. The summed E-state index contributed by atoms with van der Waals surface area (Å²) in [6.45, 7) is 5.18. The molecule has 0 aliphatic carbocycles. The van der Waals surface area contributed by atoms with Crippen molar-refractivity contribution in [1.82, 2.24) is 10.2 Å². The zero-order chi connectivity index (χ0) is 22.2. The number of carbonyl (C=O) groups is 2. The second-order valence-electron chi connectivity index (χ2n) is 6.91. The minimum absolute atomic E-state index is 0.0397. The molecule has 0 radical (unpaired) electrons. The molecule has 6 heteroatoms. The molecule has 0 unspecified atom stereocenters. The number of benzene rings is 3. The highest BCUT2D eigenvalue weighted by Crippen LogP contribution is 2.19. The monoisotopic (exact) mass is 431 g/mol. The number of thiocarbonyl (C=S) groups is 1. The van der Waals surface area contributed by atoms with Gasteiger partial charge in [0.1, 0.15) is 0 Å². The van der Waals surface area contributed by atoms with Crippen LogP contribution < -0.4 is 10.6 Å². The zero-order valence-electron chi connectivity index (χ0n) is 17.6. The third-order valence-corrected chi connectivity index (χ3v) is 5.10. The Labute approximate surface area is 188 Å². The molecule has 2 amide bonds. The Hall–Kier alpha value is -3.51. The van der Waals surface area contributed by atoms with E-state index < -0.39 is 0 Å². The Balaban J connectivity index is 1.62. The number of anilines is 1. The summed E-state index contributed by atoms with van der Waals surface area (Å²) < 4.78 is 0. The van der Waals surface area contributed by atoms with E-state index in [4.69, 9.17) is 12.2 Å². The number of rotatable bonds is 6. The lowest BCUT2D eigenvalue weighted by Crippen LogP contribution is -2.34. The molecule has 0 saturated heterocycles. The molecule has 0 heterocycles. The molecule has 3 aromatic carbocycles. The summed E-state index contributed by atoms with van der Waals surface area (Å²) in [5, 5.41) is 5.83. The SMILES string of the molecule is CCN(CC)C(=O)c1cccc(NC(=S)NC(=O)c2ccc(-c3ccccc3)cc2)c1. The largest absolute Gasteiger partial charge is 0.339 e. The fraction of sp³-hybridized carbons (Fsp3) is 0.160. The summed E-state index contributed by atoms with van der Waals surface area (Å²) in [5.74, 6) is -0.338. The van der Waals surface area contributed by atoms with E-state index in [-0.39, 0.29) is 16.9 Å². The van der Waals surface area contributed by atoms with E-state index in [1.165, 1.54) is 0 Å². The van der Waals surface area contributed by atoms with E-state index in [2.05, 4.69) is 10.6 Å². The van der Waals surface area contributed by atoms with Gasteiger partial charge in [0.2, 0.25) is 0 Å². The molecule has 0 aliphatic rings. The van der Waals surface area contributed by atoms with Crippen molar-refractivity contribution < 1.29 is 9.59 Å². The fourth-order valence-corrected chi connectivity index (χ4v) is 3.42. The maximum atomic E-state index is 12.5. The molecule has 0 bridgehead atoms. The van der Waals surface area contributed by atoms with Crippen molar-refractivity contribution in [2.75, 3.05) is 18.4 Å². The molecule has 3 aromatic rings.